The molecule has 0 bridgehead atoms. The molecule has 3 unspecified atom stereocenters. The van der Waals surface area contributed by atoms with Gasteiger partial charge in [-0.1, -0.05) is 12.2 Å². The molecule has 172 valence electrons. The summed E-state index contributed by atoms with van der Waals surface area (Å²) in [6, 6.07) is -0.418. The standard InChI is InChI=1S/C10H17N2O14P3S/c1-10(15)7(13)5(24-8(10)12-3-2-6(30)11-9(12)14)4-23-28(19,20)26-29(21,22)25-27(16,17)18/h2-3,5,7-8,13,15H,4H2,1H3,(H,19,20)(H,21,22)(H,11,14,30)(H2,16,17,18)/t5-,7+,8-,10?/m1/s1/i2D,4D2. The fraction of sp³-hybridized carbons (Fsp3) is 0.600. The first kappa shape index (κ1) is 21.2. The normalized spacial score (nSPS) is 33.2. The van der Waals surface area contributed by atoms with Crippen LogP contribution in [0.15, 0.2) is 17.0 Å². The lowest BCUT2D eigenvalue weighted by Gasteiger charge is -2.27. The van der Waals surface area contributed by atoms with Crippen molar-refractivity contribution >= 4 is 35.7 Å². The first-order chi connectivity index (χ1) is 14.6. The predicted octanol–water partition coefficient (Wildman–Crippen LogP) is -0.742. The highest BCUT2D eigenvalue weighted by Crippen LogP contribution is 2.66. The maximum absolute atomic E-state index is 12.1. The number of hydrogen-bond donors (Lipinski definition) is 7. The summed E-state index contributed by atoms with van der Waals surface area (Å²) in [4.78, 5) is 49.9. The van der Waals surface area contributed by atoms with Crippen LogP contribution in [-0.4, -0.2) is 63.7 Å². The number of aromatic nitrogens is 2. The summed E-state index contributed by atoms with van der Waals surface area (Å²) in [5.41, 5.74) is -3.52. The molecule has 1 aliphatic rings. The zero-order valence-electron chi connectivity index (χ0n) is 17.5. The smallest absolute Gasteiger partial charge is 0.387 e. The highest BCUT2D eigenvalue weighted by Gasteiger charge is 2.54. The van der Waals surface area contributed by atoms with Gasteiger partial charge in [0, 0.05) is 6.20 Å². The molecule has 0 amide bonds. The van der Waals surface area contributed by atoms with Crippen molar-refractivity contribution in [1.29, 1.82) is 0 Å². The van der Waals surface area contributed by atoms with Gasteiger partial charge in [-0.15, -0.1) is 0 Å². The number of nitrogens with one attached hydrogen (secondary N) is 1. The highest BCUT2D eigenvalue weighted by molar-refractivity contribution is 7.71. The van der Waals surface area contributed by atoms with Gasteiger partial charge in [-0.05, 0) is 13.0 Å². The predicted molar refractivity (Wildman–Crippen MR) is 96.2 cm³/mol. The molecule has 0 radical (unpaired) electrons. The molecule has 0 aliphatic carbocycles. The number of H-pyrrole nitrogens is 1. The van der Waals surface area contributed by atoms with Crippen LogP contribution >= 0.6 is 35.7 Å². The Morgan fingerprint density at radius 1 is 1.33 bits per heavy atom. The van der Waals surface area contributed by atoms with Gasteiger partial charge in [0.15, 0.2) is 6.23 Å². The number of aromatic amines is 1. The molecule has 1 aromatic heterocycles. The van der Waals surface area contributed by atoms with E-state index in [1.807, 2.05) is 0 Å². The van der Waals surface area contributed by atoms with E-state index in [1.54, 1.807) is 0 Å². The third-order valence-electron chi connectivity index (χ3n) is 3.40. The van der Waals surface area contributed by atoms with E-state index in [0.717, 1.165) is 13.1 Å². The van der Waals surface area contributed by atoms with E-state index in [-0.39, 0.29) is 4.64 Å². The summed E-state index contributed by atoms with van der Waals surface area (Å²) >= 11 is 4.71. The lowest BCUT2D eigenvalue weighted by Crippen LogP contribution is -2.46. The molecule has 30 heavy (non-hydrogen) atoms. The van der Waals surface area contributed by atoms with Crippen LogP contribution in [0.3, 0.4) is 0 Å². The summed E-state index contributed by atoms with van der Waals surface area (Å²) in [7, 11) is -17.7. The van der Waals surface area contributed by atoms with Crippen molar-refractivity contribution < 1.29 is 65.5 Å². The van der Waals surface area contributed by atoms with Crippen LogP contribution in [0.2, 0.25) is 0 Å². The van der Waals surface area contributed by atoms with Gasteiger partial charge in [-0.3, -0.25) is 14.1 Å². The molecule has 0 aromatic carbocycles. The molecule has 1 fully saturated rings. The maximum atomic E-state index is 12.1. The zero-order valence-corrected chi connectivity index (χ0v) is 18.0. The zero-order chi connectivity index (χ0) is 25.8. The van der Waals surface area contributed by atoms with Crippen molar-refractivity contribution in [3.63, 3.8) is 0 Å². The summed E-state index contributed by atoms with van der Waals surface area (Å²) in [5.74, 6) is 0. The van der Waals surface area contributed by atoms with Crippen LogP contribution in [-0.2, 0) is 31.6 Å². The largest absolute Gasteiger partial charge is 0.490 e. The molecule has 0 spiro atoms. The summed E-state index contributed by atoms with van der Waals surface area (Å²) in [5, 5.41) is 20.9. The van der Waals surface area contributed by atoms with E-state index >= 15 is 0 Å². The number of phosphoric ester groups is 1. The van der Waals surface area contributed by atoms with E-state index < -0.39 is 65.8 Å². The maximum Gasteiger partial charge on any atom is 0.490 e. The van der Waals surface area contributed by atoms with Crippen molar-refractivity contribution in [1.82, 2.24) is 9.55 Å². The second kappa shape index (κ2) is 8.73. The Kier molecular flexibility index (Phi) is 6.18. The van der Waals surface area contributed by atoms with Gasteiger partial charge in [0.25, 0.3) is 0 Å². The Morgan fingerprint density at radius 3 is 2.50 bits per heavy atom. The van der Waals surface area contributed by atoms with Gasteiger partial charge >= 0.3 is 29.2 Å². The van der Waals surface area contributed by atoms with Gasteiger partial charge < -0.3 is 34.5 Å². The third kappa shape index (κ3) is 6.45. The quantitative estimate of drug-likeness (QED) is 0.166. The van der Waals surface area contributed by atoms with E-state index in [9.17, 15) is 33.6 Å². The fourth-order valence-electron chi connectivity index (χ4n) is 2.22. The minimum atomic E-state index is -6.01. The van der Waals surface area contributed by atoms with E-state index in [0.29, 0.717) is 4.57 Å². The molecular formula is C10H17N2O14P3S. The van der Waals surface area contributed by atoms with Crippen LogP contribution < -0.4 is 5.69 Å². The Hall–Kier alpha value is -0.610. The van der Waals surface area contributed by atoms with Gasteiger partial charge in [0.1, 0.15) is 22.4 Å². The van der Waals surface area contributed by atoms with Crippen LogP contribution in [0, 0.1) is 4.64 Å². The number of ether oxygens (including phenoxy) is 1. The second-order valence-corrected chi connectivity index (χ2v) is 10.6. The Labute approximate surface area is 176 Å². The van der Waals surface area contributed by atoms with Crippen molar-refractivity contribution in [3.05, 3.63) is 27.4 Å². The van der Waals surface area contributed by atoms with Crippen LogP contribution in [0.25, 0.3) is 0 Å². The number of nitrogens with zero attached hydrogens (tertiary/aromatic N) is 1. The molecule has 2 rings (SSSR count). The van der Waals surface area contributed by atoms with Gasteiger partial charge in [-0.25, -0.2) is 18.5 Å². The average molecular weight is 517 g/mol. The molecule has 16 nitrogen and oxygen atoms in total. The van der Waals surface area contributed by atoms with Crippen molar-refractivity contribution in [3.8, 4) is 0 Å². The third-order valence-corrected chi connectivity index (χ3v) is 7.29. The fourth-order valence-corrected chi connectivity index (χ4v) is 5.23. The number of aliphatic hydroxyl groups is 2. The molecule has 20 heteroatoms. The number of phosphoric acid groups is 3. The van der Waals surface area contributed by atoms with E-state index in [1.165, 1.54) is 0 Å². The molecule has 1 aromatic rings. The minimum Gasteiger partial charge on any atom is -0.387 e. The second-order valence-electron chi connectivity index (χ2n) is 5.82. The molecule has 2 heterocycles. The SMILES string of the molecule is [2H]c1cn([C@@H]2O[C@H](C([2H])([2H])OP(=O)(O)OP(=O)(O)OP(=O)(O)O)[C@H](O)C2(C)O)c(=O)[nH]c1=S. The molecule has 0 saturated carbocycles. The summed E-state index contributed by atoms with van der Waals surface area (Å²) < 4.78 is 73.6. The summed E-state index contributed by atoms with van der Waals surface area (Å²) in [6.45, 7) is -2.72. The van der Waals surface area contributed by atoms with Crippen LogP contribution in [0.5, 0.6) is 0 Å². The van der Waals surface area contributed by atoms with Crippen molar-refractivity contribution in [2.45, 2.75) is 31.0 Å². The lowest BCUT2D eigenvalue weighted by atomic mass is 9.96. The number of aliphatic hydroxyl groups excluding tert-OH is 1. The molecule has 1 saturated heterocycles. The monoisotopic (exact) mass is 517 g/mol. The Balaban J connectivity index is 2.34. The van der Waals surface area contributed by atoms with Gasteiger partial charge in [-0.2, -0.15) is 8.62 Å². The van der Waals surface area contributed by atoms with Gasteiger partial charge in [0.05, 0.1) is 10.7 Å². The van der Waals surface area contributed by atoms with Gasteiger partial charge in [0.2, 0.25) is 0 Å². The average Bonchev–Trinajstić information content (AvgIpc) is 2.77. The lowest BCUT2D eigenvalue weighted by molar-refractivity contribution is -0.0986. The first-order valence-electron chi connectivity index (χ1n) is 8.80. The topological polar surface area (TPSA) is 247 Å². The van der Waals surface area contributed by atoms with Crippen molar-refractivity contribution in [2.75, 3.05) is 6.56 Å². The molecule has 1 aliphatic heterocycles. The Bertz CT molecular complexity index is 1180. The number of rotatable bonds is 8. The Morgan fingerprint density at radius 2 is 1.93 bits per heavy atom. The van der Waals surface area contributed by atoms with E-state index in [2.05, 4.69) is 18.1 Å². The van der Waals surface area contributed by atoms with Crippen LogP contribution in [0.1, 0.15) is 17.3 Å². The summed E-state index contributed by atoms with van der Waals surface area (Å²) in [6.07, 6.45) is -5.76. The number of hydrogen-bond acceptors (Lipinski definition) is 11. The molecular weight excluding hydrogens is 497 g/mol. The molecule has 7 N–H and O–H groups in total. The minimum absolute atomic E-state index is 0.283. The highest BCUT2D eigenvalue weighted by atomic mass is 32.1. The molecule has 6 atom stereocenters. The van der Waals surface area contributed by atoms with E-state index in [4.69, 9.17) is 35.7 Å². The van der Waals surface area contributed by atoms with Crippen LogP contribution in [0.4, 0.5) is 0 Å². The first-order valence-corrected chi connectivity index (χ1v) is 12.2. The van der Waals surface area contributed by atoms with Crippen molar-refractivity contribution in [2.24, 2.45) is 0 Å².